The third-order valence-electron chi connectivity index (χ3n) is 4.65. The van der Waals surface area contributed by atoms with Gasteiger partial charge in [0, 0.05) is 57.3 Å². The fourth-order valence-corrected chi connectivity index (χ4v) is 3.08. The summed E-state index contributed by atoms with van der Waals surface area (Å²) in [6.45, 7) is 6.96. The number of ether oxygens (including phenoxy) is 1. The molecule has 1 aliphatic rings. The fraction of sp³-hybridized carbons (Fsp3) is 0.500. The number of ketones is 1. The van der Waals surface area contributed by atoms with E-state index in [1.54, 1.807) is 41.0 Å². The molecule has 1 saturated heterocycles. The highest BCUT2D eigenvalue weighted by Crippen LogP contribution is 2.18. The summed E-state index contributed by atoms with van der Waals surface area (Å²) in [6, 6.07) is 6.82. The minimum atomic E-state index is -0.359. The summed E-state index contributed by atoms with van der Waals surface area (Å²) in [5, 5.41) is 0. The Morgan fingerprint density at radius 3 is 2.25 bits per heavy atom. The van der Waals surface area contributed by atoms with Gasteiger partial charge in [-0.3, -0.25) is 14.4 Å². The summed E-state index contributed by atoms with van der Waals surface area (Å²) >= 11 is 0. The topological polar surface area (TPSA) is 87.2 Å². The van der Waals surface area contributed by atoms with Gasteiger partial charge in [-0.2, -0.15) is 0 Å². The van der Waals surface area contributed by atoms with Gasteiger partial charge in [-0.15, -0.1) is 0 Å². The average molecular weight is 389 g/mol. The highest BCUT2D eigenvalue weighted by atomic mass is 16.6. The highest BCUT2D eigenvalue weighted by molar-refractivity contribution is 5.97. The van der Waals surface area contributed by atoms with Crippen LogP contribution in [0.2, 0.25) is 0 Å². The van der Waals surface area contributed by atoms with E-state index in [0.29, 0.717) is 44.0 Å². The molecule has 152 valence electrons. The highest BCUT2D eigenvalue weighted by Gasteiger charge is 2.25. The predicted molar refractivity (Wildman–Crippen MR) is 104 cm³/mol. The van der Waals surface area contributed by atoms with Crippen molar-refractivity contribution in [3.63, 3.8) is 0 Å². The minimum absolute atomic E-state index is 0.0718. The van der Waals surface area contributed by atoms with Crippen molar-refractivity contribution in [2.75, 3.05) is 44.2 Å². The zero-order valence-electron chi connectivity index (χ0n) is 16.6. The molecule has 1 heterocycles. The molecule has 1 aliphatic heterocycles. The number of rotatable bonds is 6. The summed E-state index contributed by atoms with van der Waals surface area (Å²) in [6.07, 6.45) is -0.189. The van der Waals surface area contributed by atoms with E-state index in [9.17, 15) is 19.2 Å². The molecule has 0 aromatic heterocycles. The molecule has 28 heavy (non-hydrogen) atoms. The van der Waals surface area contributed by atoms with Crippen LogP contribution in [0.4, 0.5) is 10.5 Å². The van der Waals surface area contributed by atoms with E-state index in [-0.39, 0.29) is 36.7 Å². The lowest BCUT2D eigenvalue weighted by molar-refractivity contribution is -0.132. The van der Waals surface area contributed by atoms with Crippen LogP contribution in [0.1, 0.15) is 37.6 Å². The van der Waals surface area contributed by atoms with Crippen LogP contribution >= 0.6 is 0 Å². The number of amides is 3. The van der Waals surface area contributed by atoms with E-state index in [0.717, 1.165) is 0 Å². The van der Waals surface area contributed by atoms with Crippen molar-refractivity contribution in [1.82, 2.24) is 9.80 Å². The molecule has 0 spiro atoms. The Labute approximate surface area is 165 Å². The van der Waals surface area contributed by atoms with Crippen LogP contribution in [0.15, 0.2) is 24.3 Å². The zero-order chi connectivity index (χ0) is 20.7. The van der Waals surface area contributed by atoms with Crippen LogP contribution in [-0.2, 0) is 14.3 Å². The number of hydrogen-bond donors (Lipinski definition) is 0. The molecule has 3 amide bonds. The third kappa shape index (κ3) is 5.55. The molecule has 0 atom stereocenters. The Balaban J connectivity index is 1.93. The monoisotopic (exact) mass is 389 g/mol. The Bertz CT molecular complexity index is 741. The van der Waals surface area contributed by atoms with Crippen LogP contribution in [0.3, 0.4) is 0 Å². The van der Waals surface area contributed by atoms with Gasteiger partial charge in [-0.1, -0.05) is 12.1 Å². The number of anilines is 1. The number of nitrogens with zero attached hydrogens (tertiary/aromatic N) is 3. The van der Waals surface area contributed by atoms with E-state index in [1.807, 2.05) is 0 Å². The Kier molecular flexibility index (Phi) is 7.54. The quantitative estimate of drug-likeness (QED) is 0.694. The maximum atomic E-state index is 12.5. The van der Waals surface area contributed by atoms with Crippen molar-refractivity contribution in [3.05, 3.63) is 29.8 Å². The zero-order valence-corrected chi connectivity index (χ0v) is 16.6. The van der Waals surface area contributed by atoms with Crippen LogP contribution in [0, 0.1) is 0 Å². The van der Waals surface area contributed by atoms with Gasteiger partial charge in [0.1, 0.15) is 0 Å². The maximum Gasteiger partial charge on any atom is 0.409 e. The van der Waals surface area contributed by atoms with Gasteiger partial charge in [0.25, 0.3) is 0 Å². The first-order valence-electron chi connectivity index (χ1n) is 9.42. The van der Waals surface area contributed by atoms with Crippen molar-refractivity contribution >= 4 is 29.4 Å². The second kappa shape index (κ2) is 9.87. The van der Waals surface area contributed by atoms with Gasteiger partial charge in [-0.25, -0.2) is 4.79 Å². The summed E-state index contributed by atoms with van der Waals surface area (Å²) in [5.41, 5.74) is 1.12. The second-order valence-corrected chi connectivity index (χ2v) is 6.59. The second-order valence-electron chi connectivity index (χ2n) is 6.59. The average Bonchev–Trinajstić information content (AvgIpc) is 2.68. The largest absolute Gasteiger partial charge is 0.450 e. The van der Waals surface area contributed by atoms with E-state index >= 15 is 0 Å². The van der Waals surface area contributed by atoms with Crippen molar-refractivity contribution in [2.24, 2.45) is 0 Å². The van der Waals surface area contributed by atoms with Crippen molar-refractivity contribution < 1.29 is 23.9 Å². The molecular weight excluding hydrogens is 362 g/mol. The number of piperazine rings is 1. The lowest BCUT2D eigenvalue weighted by Gasteiger charge is -2.34. The Morgan fingerprint density at radius 1 is 1.04 bits per heavy atom. The van der Waals surface area contributed by atoms with E-state index in [4.69, 9.17) is 4.74 Å². The predicted octanol–water partition coefficient (Wildman–Crippen LogP) is 1.93. The first-order valence-corrected chi connectivity index (χ1v) is 9.42. The maximum absolute atomic E-state index is 12.5. The van der Waals surface area contributed by atoms with Crippen LogP contribution < -0.4 is 4.90 Å². The minimum Gasteiger partial charge on any atom is -0.450 e. The number of benzene rings is 1. The first kappa shape index (κ1) is 21.4. The summed E-state index contributed by atoms with van der Waals surface area (Å²) in [7, 11) is 0. The summed E-state index contributed by atoms with van der Waals surface area (Å²) in [4.78, 5) is 52.7. The van der Waals surface area contributed by atoms with Crippen molar-refractivity contribution in [2.45, 2.75) is 27.2 Å². The molecule has 0 N–H and O–H groups in total. The smallest absolute Gasteiger partial charge is 0.409 e. The molecule has 8 nitrogen and oxygen atoms in total. The summed E-state index contributed by atoms with van der Waals surface area (Å²) < 4.78 is 4.97. The van der Waals surface area contributed by atoms with Crippen LogP contribution in [0.25, 0.3) is 0 Å². The molecular formula is C20H27N3O5. The van der Waals surface area contributed by atoms with Crippen molar-refractivity contribution in [1.29, 1.82) is 0 Å². The normalized spacial score (nSPS) is 13.8. The number of Topliss-reactive ketones (excluding diaryl/α,β-unsaturated/α-hetero) is 1. The Hall–Kier alpha value is -2.90. The molecule has 0 bridgehead atoms. The fourth-order valence-electron chi connectivity index (χ4n) is 3.08. The molecule has 0 unspecified atom stereocenters. The number of carbonyl (C=O) groups excluding carboxylic acids is 4. The number of carbonyl (C=O) groups is 4. The molecule has 2 rings (SSSR count). The van der Waals surface area contributed by atoms with Gasteiger partial charge in [-0.05, 0) is 26.0 Å². The molecule has 1 aromatic carbocycles. The molecule has 0 aliphatic carbocycles. The van der Waals surface area contributed by atoms with Gasteiger partial charge in [0.05, 0.1) is 6.61 Å². The molecule has 0 radical (unpaired) electrons. The Morgan fingerprint density at radius 2 is 1.68 bits per heavy atom. The lowest BCUT2D eigenvalue weighted by atomic mass is 10.1. The molecule has 8 heteroatoms. The molecule has 1 aromatic rings. The van der Waals surface area contributed by atoms with Crippen LogP contribution in [-0.4, -0.2) is 72.8 Å². The van der Waals surface area contributed by atoms with Gasteiger partial charge in [0.2, 0.25) is 11.8 Å². The lowest BCUT2D eigenvalue weighted by Crippen LogP contribution is -2.51. The van der Waals surface area contributed by atoms with Gasteiger partial charge < -0.3 is 19.4 Å². The van der Waals surface area contributed by atoms with Gasteiger partial charge in [0.15, 0.2) is 5.78 Å². The molecule has 0 saturated carbocycles. The first-order chi connectivity index (χ1) is 13.3. The van der Waals surface area contributed by atoms with Crippen molar-refractivity contribution in [3.8, 4) is 0 Å². The number of hydrogen-bond acceptors (Lipinski definition) is 5. The van der Waals surface area contributed by atoms with Crippen LogP contribution in [0.5, 0.6) is 0 Å². The third-order valence-corrected chi connectivity index (χ3v) is 4.65. The summed E-state index contributed by atoms with van der Waals surface area (Å²) in [5.74, 6) is -0.348. The molecule has 1 fully saturated rings. The SMILES string of the molecule is CCOC(=O)N1CCN(C(=O)CCN(C(C)=O)c2cccc(C(C)=O)c2)CC1. The van der Waals surface area contributed by atoms with E-state index in [2.05, 4.69) is 0 Å². The standard InChI is InChI=1S/C20H27N3O5/c1-4-28-20(27)22-12-10-21(11-13-22)19(26)8-9-23(16(3)25)18-7-5-6-17(14-18)15(2)24/h5-7,14H,4,8-13H2,1-3H3. The van der Waals surface area contributed by atoms with E-state index in [1.165, 1.54) is 18.7 Å². The van der Waals surface area contributed by atoms with E-state index < -0.39 is 0 Å². The van der Waals surface area contributed by atoms with Gasteiger partial charge >= 0.3 is 6.09 Å².